The number of benzene rings is 1. The number of hydrogen-bond donors (Lipinski definition) is 0. The van der Waals surface area contributed by atoms with Gasteiger partial charge in [-0.1, -0.05) is 43.3 Å². The zero-order valence-corrected chi connectivity index (χ0v) is 12.0. The molecule has 0 aliphatic rings. The molecule has 0 unspecified atom stereocenters. The van der Waals surface area contributed by atoms with Crippen molar-refractivity contribution in [3.8, 4) is 0 Å². The SMILES string of the molecule is C=C(C)/C=C(/Cc1ccc(CC)cc1)N=C(C)C. The fourth-order valence-electron chi connectivity index (χ4n) is 1.80. The topological polar surface area (TPSA) is 12.4 Å². The summed E-state index contributed by atoms with van der Waals surface area (Å²) in [7, 11) is 0. The molecule has 0 saturated carbocycles. The van der Waals surface area contributed by atoms with Gasteiger partial charge in [-0.15, -0.1) is 0 Å². The maximum atomic E-state index is 4.57. The summed E-state index contributed by atoms with van der Waals surface area (Å²) in [6.45, 7) is 12.1. The fourth-order valence-corrected chi connectivity index (χ4v) is 1.80. The number of rotatable bonds is 5. The lowest BCUT2D eigenvalue weighted by molar-refractivity contribution is 1.08. The Hall–Kier alpha value is -1.63. The van der Waals surface area contributed by atoms with Crippen LogP contribution in [0.15, 0.2) is 53.2 Å². The van der Waals surface area contributed by atoms with E-state index in [1.54, 1.807) is 0 Å². The number of hydrogen-bond acceptors (Lipinski definition) is 1. The van der Waals surface area contributed by atoms with E-state index in [2.05, 4.69) is 48.8 Å². The monoisotopic (exact) mass is 241 g/mol. The van der Waals surface area contributed by atoms with Gasteiger partial charge in [-0.3, -0.25) is 4.99 Å². The van der Waals surface area contributed by atoms with Gasteiger partial charge < -0.3 is 0 Å². The summed E-state index contributed by atoms with van der Waals surface area (Å²) in [6, 6.07) is 8.75. The lowest BCUT2D eigenvalue weighted by Crippen LogP contribution is -1.93. The zero-order valence-electron chi connectivity index (χ0n) is 12.0. The molecule has 0 aliphatic carbocycles. The van der Waals surface area contributed by atoms with Crippen LogP contribution in [0, 0.1) is 0 Å². The first-order valence-corrected chi connectivity index (χ1v) is 6.47. The van der Waals surface area contributed by atoms with Crippen LogP contribution in [0.4, 0.5) is 0 Å². The fraction of sp³-hybridized carbons (Fsp3) is 0.353. The molecular weight excluding hydrogens is 218 g/mol. The second-order valence-corrected chi connectivity index (χ2v) is 4.89. The largest absolute Gasteiger partial charge is 0.262 e. The third-order valence-electron chi connectivity index (χ3n) is 2.60. The first-order valence-electron chi connectivity index (χ1n) is 6.47. The van der Waals surface area contributed by atoms with Crippen LogP contribution in [0.3, 0.4) is 0 Å². The first-order chi connectivity index (χ1) is 8.51. The minimum Gasteiger partial charge on any atom is -0.262 e. The van der Waals surface area contributed by atoms with Gasteiger partial charge in [0.15, 0.2) is 0 Å². The molecule has 0 radical (unpaired) electrons. The van der Waals surface area contributed by atoms with Crippen LogP contribution in [0.5, 0.6) is 0 Å². The molecule has 96 valence electrons. The van der Waals surface area contributed by atoms with Gasteiger partial charge in [0.1, 0.15) is 0 Å². The van der Waals surface area contributed by atoms with E-state index in [1.165, 1.54) is 11.1 Å². The number of nitrogens with zero attached hydrogens (tertiary/aromatic N) is 1. The second-order valence-electron chi connectivity index (χ2n) is 4.89. The van der Waals surface area contributed by atoms with Gasteiger partial charge in [0.05, 0.1) is 0 Å². The standard InChI is InChI=1S/C17H23N/c1-6-15-7-9-16(10-8-15)12-17(11-13(2)3)18-14(4)5/h7-11H,2,6,12H2,1,3-5H3/b17-11-. The Morgan fingerprint density at radius 1 is 1.11 bits per heavy atom. The highest BCUT2D eigenvalue weighted by atomic mass is 14.7. The summed E-state index contributed by atoms with van der Waals surface area (Å²) in [5.41, 5.74) is 5.86. The van der Waals surface area contributed by atoms with Crippen molar-refractivity contribution in [2.24, 2.45) is 4.99 Å². The van der Waals surface area contributed by atoms with Crippen LogP contribution in [0.25, 0.3) is 0 Å². The van der Waals surface area contributed by atoms with Gasteiger partial charge >= 0.3 is 0 Å². The summed E-state index contributed by atoms with van der Waals surface area (Å²) in [4.78, 5) is 4.57. The normalized spacial score (nSPS) is 11.2. The van der Waals surface area contributed by atoms with Crippen molar-refractivity contribution in [1.82, 2.24) is 0 Å². The van der Waals surface area contributed by atoms with Gasteiger partial charge in [-0.05, 0) is 44.4 Å². The molecule has 0 atom stereocenters. The van der Waals surface area contributed by atoms with Crippen LogP contribution in [0.2, 0.25) is 0 Å². The summed E-state index contributed by atoms with van der Waals surface area (Å²) < 4.78 is 0. The Kier molecular flexibility index (Phi) is 5.57. The molecule has 1 aromatic rings. The highest BCUT2D eigenvalue weighted by Gasteiger charge is 1.99. The van der Waals surface area contributed by atoms with E-state index in [0.29, 0.717) is 0 Å². The molecule has 0 aliphatic heterocycles. The Morgan fingerprint density at radius 2 is 1.67 bits per heavy atom. The predicted octanol–water partition coefficient (Wildman–Crippen LogP) is 4.73. The molecule has 0 fully saturated rings. The van der Waals surface area contributed by atoms with Gasteiger partial charge in [-0.2, -0.15) is 0 Å². The highest BCUT2D eigenvalue weighted by Crippen LogP contribution is 2.13. The van der Waals surface area contributed by atoms with E-state index < -0.39 is 0 Å². The van der Waals surface area contributed by atoms with E-state index in [1.807, 2.05) is 20.8 Å². The maximum Gasteiger partial charge on any atom is 0.0448 e. The molecule has 1 nitrogen and oxygen atoms in total. The average Bonchev–Trinajstić information content (AvgIpc) is 2.28. The summed E-state index contributed by atoms with van der Waals surface area (Å²) in [5.74, 6) is 0. The van der Waals surface area contributed by atoms with Gasteiger partial charge in [0.25, 0.3) is 0 Å². The molecule has 1 rings (SSSR count). The van der Waals surface area contributed by atoms with E-state index >= 15 is 0 Å². The van der Waals surface area contributed by atoms with Crippen molar-refractivity contribution in [2.75, 3.05) is 0 Å². The molecule has 0 amide bonds. The number of aryl methyl sites for hydroxylation is 1. The lowest BCUT2D eigenvalue weighted by Gasteiger charge is -2.05. The summed E-state index contributed by atoms with van der Waals surface area (Å²) in [6.07, 6.45) is 4.00. The molecule has 0 heterocycles. The van der Waals surface area contributed by atoms with Gasteiger partial charge in [-0.25, -0.2) is 0 Å². The molecular formula is C17H23N. The first kappa shape index (κ1) is 14.4. The minimum atomic E-state index is 0.863. The van der Waals surface area contributed by atoms with Crippen molar-refractivity contribution in [3.63, 3.8) is 0 Å². The molecule has 0 spiro atoms. The highest BCUT2D eigenvalue weighted by molar-refractivity contribution is 5.80. The molecule has 0 aromatic heterocycles. The molecule has 1 aromatic carbocycles. The average molecular weight is 241 g/mol. The Balaban J connectivity index is 2.89. The van der Waals surface area contributed by atoms with Crippen molar-refractivity contribution in [3.05, 3.63) is 59.3 Å². The van der Waals surface area contributed by atoms with Crippen molar-refractivity contribution in [1.29, 1.82) is 0 Å². The van der Waals surface area contributed by atoms with E-state index in [4.69, 9.17) is 0 Å². The lowest BCUT2D eigenvalue weighted by atomic mass is 10.1. The van der Waals surface area contributed by atoms with Gasteiger partial charge in [0, 0.05) is 17.8 Å². The maximum absolute atomic E-state index is 4.57. The third-order valence-corrected chi connectivity index (χ3v) is 2.60. The zero-order chi connectivity index (χ0) is 13.5. The predicted molar refractivity (Wildman–Crippen MR) is 81.2 cm³/mol. The van der Waals surface area contributed by atoms with Crippen LogP contribution < -0.4 is 0 Å². The molecule has 0 N–H and O–H groups in total. The molecule has 18 heavy (non-hydrogen) atoms. The van der Waals surface area contributed by atoms with E-state index in [9.17, 15) is 0 Å². The Morgan fingerprint density at radius 3 is 2.11 bits per heavy atom. The van der Waals surface area contributed by atoms with Gasteiger partial charge in [0.2, 0.25) is 0 Å². The van der Waals surface area contributed by atoms with Crippen LogP contribution in [0.1, 0.15) is 38.8 Å². The van der Waals surface area contributed by atoms with Crippen LogP contribution in [-0.2, 0) is 12.8 Å². The second kappa shape index (κ2) is 6.95. The van der Waals surface area contributed by atoms with Crippen LogP contribution >= 0.6 is 0 Å². The molecule has 0 saturated heterocycles. The number of aliphatic imine (C=N–C) groups is 1. The smallest absolute Gasteiger partial charge is 0.0448 e. The van der Waals surface area contributed by atoms with Crippen molar-refractivity contribution >= 4 is 5.71 Å². The van der Waals surface area contributed by atoms with E-state index in [0.717, 1.165) is 29.8 Å². The molecule has 1 heteroatoms. The minimum absolute atomic E-state index is 0.863. The quantitative estimate of drug-likeness (QED) is 0.522. The van der Waals surface area contributed by atoms with Crippen molar-refractivity contribution in [2.45, 2.75) is 40.5 Å². The summed E-state index contributed by atoms with van der Waals surface area (Å²) in [5, 5.41) is 0. The van der Waals surface area contributed by atoms with Crippen LogP contribution in [-0.4, -0.2) is 5.71 Å². The summed E-state index contributed by atoms with van der Waals surface area (Å²) >= 11 is 0. The van der Waals surface area contributed by atoms with E-state index in [-0.39, 0.29) is 0 Å². The molecule has 0 bridgehead atoms. The van der Waals surface area contributed by atoms with Crippen molar-refractivity contribution < 1.29 is 0 Å². The number of allylic oxidation sites excluding steroid dienone is 3. The Bertz CT molecular complexity index is 457. The third kappa shape index (κ3) is 5.13. The Labute approximate surface area is 111 Å².